The number of nitrogens with two attached hydrogens (primary N) is 1. The van der Waals surface area contributed by atoms with Gasteiger partial charge >= 0.3 is 10.2 Å². The molecular weight excluding hydrogens is 495 g/mol. The van der Waals surface area contributed by atoms with Crippen molar-refractivity contribution in [1.29, 1.82) is 0 Å². The summed E-state index contributed by atoms with van der Waals surface area (Å²) in [5.41, 5.74) is 8.70. The van der Waals surface area contributed by atoms with E-state index < -0.39 is 21.9 Å². The van der Waals surface area contributed by atoms with Gasteiger partial charge in [-0.3, -0.25) is 4.79 Å². The zero-order valence-corrected chi connectivity index (χ0v) is 21.9. The van der Waals surface area contributed by atoms with E-state index in [0.29, 0.717) is 35.6 Å². The number of rotatable bonds is 8. The van der Waals surface area contributed by atoms with Crippen molar-refractivity contribution in [3.05, 3.63) is 71.5 Å². The molecule has 2 heterocycles. The molecule has 4 rings (SSSR count). The molecule has 1 aliphatic heterocycles. The van der Waals surface area contributed by atoms with Gasteiger partial charge in [0.05, 0.1) is 23.6 Å². The number of amides is 1. The Balaban J connectivity index is 1.72. The molecule has 1 atom stereocenters. The lowest BCUT2D eigenvalue weighted by molar-refractivity contribution is 0.0979. The molecule has 0 radical (unpaired) electrons. The lowest BCUT2D eigenvalue weighted by atomic mass is 10.0. The van der Waals surface area contributed by atoms with Gasteiger partial charge in [-0.05, 0) is 43.5 Å². The van der Waals surface area contributed by atoms with Crippen LogP contribution in [-0.4, -0.2) is 49.4 Å². The normalized spacial score (nSPS) is 16.2. The molecule has 2 aromatic carbocycles. The van der Waals surface area contributed by atoms with Crippen LogP contribution in [0.2, 0.25) is 0 Å². The number of carbonyl (C=O) groups is 1. The summed E-state index contributed by atoms with van der Waals surface area (Å²) in [6.07, 6.45) is 0.524. The predicted molar refractivity (Wildman–Crippen MR) is 141 cm³/mol. The van der Waals surface area contributed by atoms with Crippen LogP contribution in [0.4, 0.5) is 4.39 Å². The van der Waals surface area contributed by atoms with Crippen LogP contribution in [0.1, 0.15) is 36.2 Å². The summed E-state index contributed by atoms with van der Waals surface area (Å²) in [6.45, 7) is 6.74. The van der Waals surface area contributed by atoms with Gasteiger partial charge in [-0.25, -0.2) is 14.1 Å². The summed E-state index contributed by atoms with van der Waals surface area (Å²) in [4.78, 5) is 17.9. The van der Waals surface area contributed by atoms with Crippen molar-refractivity contribution in [2.75, 3.05) is 19.7 Å². The summed E-state index contributed by atoms with van der Waals surface area (Å²) >= 11 is 0. The first-order chi connectivity index (χ1) is 17.5. The molecule has 196 valence electrons. The average molecular weight is 527 g/mol. The van der Waals surface area contributed by atoms with Crippen molar-refractivity contribution in [1.82, 2.24) is 14.0 Å². The fourth-order valence-electron chi connectivity index (χ4n) is 4.00. The van der Waals surface area contributed by atoms with Crippen molar-refractivity contribution in [2.45, 2.75) is 33.2 Å². The Morgan fingerprint density at radius 2 is 1.89 bits per heavy atom. The minimum absolute atomic E-state index is 0.0763. The molecule has 37 heavy (non-hydrogen) atoms. The highest BCUT2D eigenvalue weighted by molar-refractivity contribution is 7.87. The number of hydrogen-bond donors (Lipinski definition) is 2. The smallest absolute Gasteiger partial charge is 0.304 e. The second-order valence-electron chi connectivity index (χ2n) is 9.68. The van der Waals surface area contributed by atoms with Gasteiger partial charge in [-0.2, -0.15) is 12.7 Å². The first-order valence-electron chi connectivity index (χ1n) is 12.1. The van der Waals surface area contributed by atoms with E-state index in [4.69, 9.17) is 10.5 Å². The van der Waals surface area contributed by atoms with E-state index in [1.165, 1.54) is 18.2 Å². The van der Waals surface area contributed by atoms with Crippen molar-refractivity contribution in [3.8, 4) is 28.3 Å². The minimum atomic E-state index is -4.07. The van der Waals surface area contributed by atoms with E-state index in [9.17, 15) is 17.6 Å². The molecule has 1 amide bonds. The van der Waals surface area contributed by atoms with Gasteiger partial charge in [0.15, 0.2) is 0 Å². The lowest BCUT2D eigenvalue weighted by Gasteiger charge is -2.18. The molecular formula is C27H31FN4O4S. The standard InChI is InChI=1S/C27H31FN4O4S/c1-17(2)16-36-23-13-20(12-21(28)14-23)25-9-8-24(26(30-25)19-6-4-18(3)5-7-19)27(33)31-37(34,35)32-11-10-22(29)15-32/h4-9,12-14,17,22H,10-11,15-16,29H2,1-3H3,(H,31,33). The largest absolute Gasteiger partial charge is 0.493 e. The zero-order valence-electron chi connectivity index (χ0n) is 21.1. The highest BCUT2D eigenvalue weighted by Gasteiger charge is 2.31. The van der Waals surface area contributed by atoms with Crippen LogP contribution < -0.4 is 15.2 Å². The van der Waals surface area contributed by atoms with Crippen LogP contribution in [0, 0.1) is 18.7 Å². The topological polar surface area (TPSA) is 115 Å². The van der Waals surface area contributed by atoms with E-state index >= 15 is 0 Å². The van der Waals surface area contributed by atoms with Crippen LogP contribution in [-0.2, 0) is 10.2 Å². The monoisotopic (exact) mass is 526 g/mol. The third kappa shape index (κ3) is 6.51. The van der Waals surface area contributed by atoms with E-state index in [-0.39, 0.29) is 36.3 Å². The number of nitrogens with zero attached hydrogens (tertiary/aromatic N) is 2. The van der Waals surface area contributed by atoms with E-state index in [1.807, 2.05) is 32.9 Å². The highest BCUT2D eigenvalue weighted by atomic mass is 32.2. The van der Waals surface area contributed by atoms with Gasteiger partial charge in [0.2, 0.25) is 0 Å². The molecule has 10 heteroatoms. The number of pyridine rings is 1. The summed E-state index contributed by atoms with van der Waals surface area (Å²) in [6, 6.07) is 14.5. The van der Waals surface area contributed by atoms with Gasteiger partial charge in [-0.15, -0.1) is 0 Å². The zero-order chi connectivity index (χ0) is 26.7. The Kier molecular flexibility index (Phi) is 7.91. The maximum atomic E-state index is 14.4. The molecule has 3 N–H and O–H groups in total. The maximum absolute atomic E-state index is 14.4. The first kappa shape index (κ1) is 26.7. The molecule has 3 aromatic rings. The highest BCUT2D eigenvalue weighted by Crippen LogP contribution is 2.30. The summed E-state index contributed by atoms with van der Waals surface area (Å²) in [7, 11) is -4.07. The second-order valence-corrected chi connectivity index (χ2v) is 11.4. The fraction of sp³-hybridized carbons (Fsp3) is 0.333. The molecule has 8 nitrogen and oxygen atoms in total. The van der Waals surface area contributed by atoms with Crippen LogP contribution in [0.5, 0.6) is 5.75 Å². The van der Waals surface area contributed by atoms with Gasteiger partial charge in [0, 0.05) is 36.3 Å². The molecule has 1 saturated heterocycles. The average Bonchev–Trinajstić information content (AvgIpc) is 3.29. The third-order valence-corrected chi connectivity index (χ3v) is 7.42. The van der Waals surface area contributed by atoms with E-state index in [2.05, 4.69) is 9.71 Å². The van der Waals surface area contributed by atoms with Gasteiger partial charge in [-0.1, -0.05) is 43.7 Å². The Labute approximate surface area is 216 Å². The predicted octanol–water partition coefficient (Wildman–Crippen LogP) is 3.91. The third-order valence-electron chi connectivity index (χ3n) is 5.96. The van der Waals surface area contributed by atoms with Crippen molar-refractivity contribution in [3.63, 3.8) is 0 Å². The number of hydrogen-bond acceptors (Lipinski definition) is 6. The Morgan fingerprint density at radius 3 is 2.54 bits per heavy atom. The number of halogens is 1. The van der Waals surface area contributed by atoms with Crippen LogP contribution >= 0.6 is 0 Å². The lowest BCUT2D eigenvalue weighted by Crippen LogP contribution is -2.43. The van der Waals surface area contributed by atoms with Gasteiger partial charge in [0.1, 0.15) is 11.6 Å². The molecule has 0 spiro atoms. The molecule has 0 saturated carbocycles. The van der Waals surface area contributed by atoms with Gasteiger partial charge < -0.3 is 10.5 Å². The molecule has 1 fully saturated rings. The molecule has 1 unspecified atom stereocenters. The van der Waals surface area contributed by atoms with Crippen LogP contribution in [0.15, 0.2) is 54.6 Å². The number of nitrogens with one attached hydrogen (secondary N) is 1. The van der Waals surface area contributed by atoms with Gasteiger partial charge in [0.25, 0.3) is 5.91 Å². The van der Waals surface area contributed by atoms with Crippen molar-refractivity contribution >= 4 is 16.1 Å². The Morgan fingerprint density at radius 1 is 1.16 bits per heavy atom. The fourth-order valence-corrected chi connectivity index (χ4v) is 5.21. The Bertz CT molecular complexity index is 1390. The van der Waals surface area contributed by atoms with Crippen LogP contribution in [0.3, 0.4) is 0 Å². The van der Waals surface area contributed by atoms with E-state index in [1.54, 1.807) is 24.3 Å². The number of ether oxygens (including phenoxy) is 1. The second kappa shape index (κ2) is 11.0. The minimum Gasteiger partial charge on any atom is -0.493 e. The quantitative estimate of drug-likeness (QED) is 0.460. The number of aromatic nitrogens is 1. The molecule has 1 aromatic heterocycles. The van der Waals surface area contributed by atoms with Crippen LogP contribution in [0.25, 0.3) is 22.5 Å². The van der Waals surface area contributed by atoms with Crippen molar-refractivity contribution < 1.29 is 22.3 Å². The van der Waals surface area contributed by atoms with Crippen molar-refractivity contribution in [2.24, 2.45) is 11.7 Å². The Hall–Kier alpha value is -3.34. The maximum Gasteiger partial charge on any atom is 0.304 e. The summed E-state index contributed by atoms with van der Waals surface area (Å²) in [5.74, 6) is -0.649. The number of benzene rings is 2. The SMILES string of the molecule is Cc1ccc(-c2nc(-c3cc(F)cc(OCC(C)C)c3)ccc2C(=O)NS(=O)(=O)N2CCC(N)C2)cc1. The van der Waals surface area contributed by atoms with E-state index in [0.717, 1.165) is 9.87 Å². The first-order valence-corrected chi connectivity index (χ1v) is 13.6. The molecule has 0 bridgehead atoms. The number of aryl methyl sites for hydroxylation is 1. The molecule has 0 aliphatic carbocycles. The molecule has 1 aliphatic rings. The summed E-state index contributed by atoms with van der Waals surface area (Å²) < 4.78 is 49.0. The summed E-state index contributed by atoms with van der Waals surface area (Å²) in [5, 5.41) is 0. The number of carbonyl (C=O) groups excluding carboxylic acids is 1.